The molecule has 0 fully saturated rings. The Kier molecular flexibility index (Phi) is 54.4. The van der Waals surface area contributed by atoms with Crippen molar-refractivity contribution in [2.45, 2.75) is 264 Å². The molecule has 0 N–H and O–H groups in total. The largest absolute Gasteiger partial charge is 0.462 e. The molecule has 0 rings (SSSR count). The molecule has 70 heavy (non-hydrogen) atoms. The molecule has 0 saturated carbocycles. The molecule has 0 unspecified atom stereocenters. The molecule has 0 radical (unpaired) electrons. The number of unbranched alkanes of at least 4 members (excludes halogenated alkanes) is 22. The van der Waals surface area contributed by atoms with Crippen molar-refractivity contribution >= 4 is 17.9 Å². The first-order chi connectivity index (χ1) is 34.5. The van der Waals surface area contributed by atoms with Gasteiger partial charge in [-0.05, 0) is 109 Å². The van der Waals surface area contributed by atoms with Crippen LogP contribution in [0.4, 0.5) is 0 Å². The van der Waals surface area contributed by atoms with Crippen molar-refractivity contribution in [2.24, 2.45) is 0 Å². The third-order valence-electron chi connectivity index (χ3n) is 12.0. The van der Waals surface area contributed by atoms with Crippen LogP contribution in [0.15, 0.2) is 109 Å². The summed E-state index contributed by atoms with van der Waals surface area (Å²) >= 11 is 0. The lowest BCUT2D eigenvalue weighted by Gasteiger charge is -2.18. The van der Waals surface area contributed by atoms with Gasteiger partial charge in [-0.25, -0.2) is 0 Å². The van der Waals surface area contributed by atoms with Gasteiger partial charge < -0.3 is 14.2 Å². The van der Waals surface area contributed by atoms with Gasteiger partial charge in [-0.3, -0.25) is 14.4 Å². The lowest BCUT2D eigenvalue weighted by atomic mass is 10.1. The molecule has 0 aromatic heterocycles. The fourth-order valence-corrected chi connectivity index (χ4v) is 7.66. The zero-order valence-electron chi connectivity index (χ0n) is 45.5. The van der Waals surface area contributed by atoms with Crippen molar-refractivity contribution in [1.82, 2.24) is 0 Å². The van der Waals surface area contributed by atoms with Crippen LogP contribution in [-0.2, 0) is 28.6 Å². The molecule has 0 aliphatic heterocycles. The van der Waals surface area contributed by atoms with E-state index in [1.807, 2.05) is 6.08 Å². The first-order valence-corrected chi connectivity index (χ1v) is 28.9. The van der Waals surface area contributed by atoms with Crippen LogP contribution in [0.5, 0.6) is 0 Å². The highest BCUT2D eigenvalue weighted by atomic mass is 16.6. The van der Waals surface area contributed by atoms with E-state index < -0.39 is 6.10 Å². The minimum Gasteiger partial charge on any atom is -0.462 e. The van der Waals surface area contributed by atoms with Gasteiger partial charge >= 0.3 is 17.9 Å². The van der Waals surface area contributed by atoms with Crippen molar-refractivity contribution in [3.8, 4) is 0 Å². The number of carbonyl (C=O) groups is 3. The molecule has 0 heterocycles. The average Bonchev–Trinajstić information content (AvgIpc) is 3.36. The number of ether oxygens (including phenoxy) is 3. The number of rotatable bonds is 51. The Morgan fingerprint density at radius 1 is 0.300 bits per heavy atom. The standard InChI is InChI=1S/C64H106O6/c1-4-7-10-13-16-19-22-25-28-30-32-34-36-39-42-45-48-51-54-57-63(66)69-60-61(59-68-62(65)56-53-50-47-44-41-38-27-24-21-18-15-12-9-6-3)70-64(67)58-55-52-49-46-43-40-37-35-33-31-29-26-23-20-17-14-11-8-5-2/h7,10,15-16,18-19,24-29,32,34,39,42,48,51,61H,4-6,8-9,11-14,17,20-23,30-31,33,35-38,40-41,43-47,49-50,52-60H2,1-3H3/b10-7+,18-15+,19-16+,27-24+,28-25+,29-26+,34-32+,42-39+,51-48+/t61-/m1/s1. The predicted molar refractivity (Wildman–Crippen MR) is 302 cm³/mol. The average molecular weight is 972 g/mol. The third-order valence-corrected chi connectivity index (χ3v) is 12.0. The fraction of sp³-hybridized carbons (Fsp3) is 0.672. The van der Waals surface area contributed by atoms with Gasteiger partial charge in [0.05, 0.1) is 0 Å². The van der Waals surface area contributed by atoms with Crippen molar-refractivity contribution < 1.29 is 28.6 Å². The van der Waals surface area contributed by atoms with Crippen LogP contribution >= 0.6 is 0 Å². The van der Waals surface area contributed by atoms with E-state index >= 15 is 0 Å². The van der Waals surface area contributed by atoms with E-state index in [4.69, 9.17) is 14.2 Å². The summed E-state index contributed by atoms with van der Waals surface area (Å²) in [6.07, 6.45) is 78.0. The van der Waals surface area contributed by atoms with Gasteiger partial charge in [0.15, 0.2) is 6.10 Å². The summed E-state index contributed by atoms with van der Waals surface area (Å²) in [5, 5.41) is 0. The van der Waals surface area contributed by atoms with Gasteiger partial charge in [-0.1, -0.05) is 239 Å². The first-order valence-electron chi connectivity index (χ1n) is 28.9. The van der Waals surface area contributed by atoms with Crippen LogP contribution < -0.4 is 0 Å². The summed E-state index contributed by atoms with van der Waals surface area (Å²) in [6.45, 7) is 6.41. The molecule has 6 heteroatoms. The number of hydrogen-bond acceptors (Lipinski definition) is 6. The lowest BCUT2D eigenvalue weighted by molar-refractivity contribution is -0.166. The van der Waals surface area contributed by atoms with Crippen molar-refractivity contribution in [2.75, 3.05) is 13.2 Å². The SMILES string of the molecule is CC/C=C/C/C=C/C/C=C/C/C=C/C/C=C/C/C=C/CCC(=O)OC[C@@H](COC(=O)CCCCCCC/C=C/C/C=C/CCCC)OC(=O)CCCCCCCCCCC/C=C/CCCCCCCC. The monoisotopic (exact) mass is 971 g/mol. The maximum atomic E-state index is 12.9. The van der Waals surface area contributed by atoms with Crippen molar-refractivity contribution in [1.29, 1.82) is 0 Å². The van der Waals surface area contributed by atoms with Crippen molar-refractivity contribution in [3.63, 3.8) is 0 Å². The summed E-state index contributed by atoms with van der Waals surface area (Å²) in [6, 6.07) is 0. The van der Waals surface area contributed by atoms with Crippen LogP contribution in [0.25, 0.3) is 0 Å². The normalized spacial score (nSPS) is 12.9. The molecule has 6 nitrogen and oxygen atoms in total. The molecule has 0 saturated heterocycles. The molecule has 0 aromatic carbocycles. The van der Waals surface area contributed by atoms with Crippen LogP contribution in [-0.4, -0.2) is 37.2 Å². The number of carbonyl (C=O) groups excluding carboxylic acids is 3. The zero-order chi connectivity index (χ0) is 50.7. The maximum Gasteiger partial charge on any atom is 0.306 e. The molecule has 398 valence electrons. The minimum atomic E-state index is -0.818. The fourth-order valence-electron chi connectivity index (χ4n) is 7.66. The Bertz CT molecular complexity index is 1440. The Morgan fingerprint density at radius 2 is 0.600 bits per heavy atom. The molecule has 0 aliphatic carbocycles. The number of allylic oxidation sites excluding steroid dienone is 18. The number of esters is 3. The van der Waals surface area contributed by atoms with E-state index in [2.05, 4.69) is 124 Å². The minimum absolute atomic E-state index is 0.111. The summed E-state index contributed by atoms with van der Waals surface area (Å²) in [7, 11) is 0. The molecule has 0 aliphatic rings. The summed E-state index contributed by atoms with van der Waals surface area (Å²) in [5.41, 5.74) is 0. The second kappa shape index (κ2) is 57.6. The van der Waals surface area contributed by atoms with E-state index in [-0.39, 0.29) is 37.5 Å². The van der Waals surface area contributed by atoms with Gasteiger partial charge in [0.2, 0.25) is 0 Å². The molecule has 0 bridgehead atoms. The molecule has 0 aromatic rings. The highest BCUT2D eigenvalue weighted by molar-refractivity contribution is 5.71. The molecule has 0 amide bonds. The van der Waals surface area contributed by atoms with Gasteiger partial charge in [0.1, 0.15) is 13.2 Å². The lowest BCUT2D eigenvalue weighted by Crippen LogP contribution is -2.30. The molecular weight excluding hydrogens is 865 g/mol. The summed E-state index contributed by atoms with van der Waals surface area (Å²) in [4.78, 5) is 38.1. The Balaban J connectivity index is 4.51. The third kappa shape index (κ3) is 55.0. The second-order valence-corrected chi connectivity index (χ2v) is 18.8. The summed E-state index contributed by atoms with van der Waals surface area (Å²) in [5.74, 6) is -1.01. The second-order valence-electron chi connectivity index (χ2n) is 18.8. The first kappa shape index (κ1) is 66.1. The highest BCUT2D eigenvalue weighted by Gasteiger charge is 2.19. The van der Waals surface area contributed by atoms with Gasteiger partial charge in [-0.15, -0.1) is 0 Å². The maximum absolute atomic E-state index is 12.9. The van der Waals surface area contributed by atoms with Gasteiger partial charge in [0, 0.05) is 19.3 Å². The van der Waals surface area contributed by atoms with Crippen LogP contribution in [0, 0.1) is 0 Å². The quantitative estimate of drug-likeness (QED) is 0.0262. The van der Waals surface area contributed by atoms with E-state index in [9.17, 15) is 14.4 Å². The zero-order valence-corrected chi connectivity index (χ0v) is 45.5. The van der Waals surface area contributed by atoms with E-state index in [1.165, 1.54) is 109 Å². The Morgan fingerprint density at radius 3 is 1.01 bits per heavy atom. The molecule has 1 atom stereocenters. The van der Waals surface area contributed by atoms with Crippen LogP contribution in [0.2, 0.25) is 0 Å². The van der Waals surface area contributed by atoms with E-state index in [0.717, 1.165) is 103 Å². The van der Waals surface area contributed by atoms with E-state index in [1.54, 1.807) is 0 Å². The van der Waals surface area contributed by atoms with Crippen LogP contribution in [0.3, 0.4) is 0 Å². The Hall–Kier alpha value is -3.93. The van der Waals surface area contributed by atoms with Gasteiger partial charge in [0.25, 0.3) is 0 Å². The van der Waals surface area contributed by atoms with Crippen molar-refractivity contribution in [3.05, 3.63) is 109 Å². The summed E-state index contributed by atoms with van der Waals surface area (Å²) < 4.78 is 16.8. The smallest absolute Gasteiger partial charge is 0.306 e. The molecule has 0 spiro atoms. The van der Waals surface area contributed by atoms with E-state index in [0.29, 0.717) is 19.3 Å². The molecular formula is C64H106O6. The van der Waals surface area contributed by atoms with Crippen LogP contribution in [0.1, 0.15) is 258 Å². The highest BCUT2D eigenvalue weighted by Crippen LogP contribution is 2.14. The Labute approximate surface area is 431 Å². The number of hydrogen-bond donors (Lipinski definition) is 0. The topological polar surface area (TPSA) is 78.9 Å². The van der Waals surface area contributed by atoms with Gasteiger partial charge in [-0.2, -0.15) is 0 Å². The predicted octanol–water partition coefficient (Wildman–Crippen LogP) is 19.5.